The Hall–Kier alpha value is -1.07. The van der Waals surface area contributed by atoms with Gasteiger partial charge in [0.2, 0.25) is 0 Å². The van der Waals surface area contributed by atoms with Gasteiger partial charge in [-0.2, -0.15) is 13.2 Å². The average molecular weight is 259 g/mol. The molecule has 2 nitrogen and oxygen atoms in total. The van der Waals surface area contributed by atoms with Crippen molar-refractivity contribution >= 4 is 0 Å². The van der Waals surface area contributed by atoms with Crippen molar-refractivity contribution in [1.29, 1.82) is 0 Å². The normalized spacial score (nSPS) is 19.8. The minimum atomic E-state index is -4.33. The first-order valence-corrected chi connectivity index (χ1v) is 5.94. The van der Waals surface area contributed by atoms with Crippen LogP contribution in [0.2, 0.25) is 0 Å². The molecular weight excluding hydrogens is 243 g/mol. The Kier molecular flexibility index (Phi) is 3.38. The van der Waals surface area contributed by atoms with Gasteiger partial charge in [-0.1, -0.05) is 6.07 Å². The Morgan fingerprint density at radius 2 is 1.83 bits per heavy atom. The van der Waals surface area contributed by atoms with Crippen molar-refractivity contribution in [2.45, 2.75) is 31.5 Å². The zero-order chi connectivity index (χ0) is 13.4. The van der Waals surface area contributed by atoms with Gasteiger partial charge < -0.3 is 10.4 Å². The molecule has 1 saturated heterocycles. The number of aryl methyl sites for hydroxylation is 1. The van der Waals surface area contributed by atoms with Gasteiger partial charge in [0.05, 0.1) is 11.2 Å². The summed E-state index contributed by atoms with van der Waals surface area (Å²) in [6.07, 6.45) is -3.28. The number of benzene rings is 1. The third-order valence-corrected chi connectivity index (χ3v) is 3.49. The molecule has 2 N–H and O–H groups in total. The molecule has 0 aliphatic carbocycles. The number of hydrogen-bond donors (Lipinski definition) is 2. The van der Waals surface area contributed by atoms with Gasteiger partial charge in [-0.25, -0.2) is 0 Å². The lowest BCUT2D eigenvalue weighted by atomic mass is 9.82. The lowest BCUT2D eigenvalue weighted by molar-refractivity contribution is -0.137. The molecule has 0 unspecified atom stereocenters. The zero-order valence-corrected chi connectivity index (χ0v) is 10.1. The third kappa shape index (κ3) is 2.52. The number of halogens is 3. The highest BCUT2D eigenvalue weighted by Gasteiger charge is 2.35. The Morgan fingerprint density at radius 3 is 2.33 bits per heavy atom. The molecule has 1 aromatic rings. The van der Waals surface area contributed by atoms with Crippen LogP contribution in [0.4, 0.5) is 13.2 Å². The number of piperidine rings is 1. The molecule has 1 fully saturated rings. The third-order valence-electron chi connectivity index (χ3n) is 3.49. The van der Waals surface area contributed by atoms with E-state index >= 15 is 0 Å². The summed E-state index contributed by atoms with van der Waals surface area (Å²) in [4.78, 5) is 0. The van der Waals surface area contributed by atoms with Crippen molar-refractivity contribution in [3.63, 3.8) is 0 Å². The zero-order valence-electron chi connectivity index (χ0n) is 10.1. The SMILES string of the molecule is Cc1cc(C(F)(F)F)ccc1C1(O)CCNCC1. The van der Waals surface area contributed by atoms with E-state index < -0.39 is 17.3 Å². The summed E-state index contributed by atoms with van der Waals surface area (Å²) in [6.45, 7) is 2.97. The molecule has 0 radical (unpaired) electrons. The van der Waals surface area contributed by atoms with E-state index in [9.17, 15) is 18.3 Å². The number of nitrogens with one attached hydrogen (secondary N) is 1. The highest BCUT2D eigenvalue weighted by atomic mass is 19.4. The fraction of sp³-hybridized carbons (Fsp3) is 0.538. The molecular formula is C13H16F3NO. The maximum absolute atomic E-state index is 12.6. The Labute approximate surface area is 104 Å². The van der Waals surface area contributed by atoms with Crippen LogP contribution in [-0.4, -0.2) is 18.2 Å². The van der Waals surface area contributed by atoms with Crippen LogP contribution >= 0.6 is 0 Å². The smallest absolute Gasteiger partial charge is 0.385 e. The van der Waals surface area contributed by atoms with Crippen LogP contribution in [0.3, 0.4) is 0 Å². The maximum Gasteiger partial charge on any atom is 0.416 e. The predicted octanol–water partition coefficient (Wildman–Crippen LogP) is 2.58. The lowest BCUT2D eigenvalue weighted by Crippen LogP contribution is -2.40. The summed E-state index contributed by atoms with van der Waals surface area (Å²) < 4.78 is 37.7. The Balaban J connectivity index is 2.35. The van der Waals surface area contributed by atoms with Crippen molar-refractivity contribution < 1.29 is 18.3 Å². The van der Waals surface area contributed by atoms with Crippen LogP contribution in [0.1, 0.15) is 29.5 Å². The molecule has 5 heteroatoms. The van der Waals surface area contributed by atoms with Gasteiger partial charge >= 0.3 is 6.18 Å². The number of rotatable bonds is 1. The Bertz CT molecular complexity index is 436. The van der Waals surface area contributed by atoms with Crippen LogP contribution in [0.15, 0.2) is 18.2 Å². The van der Waals surface area contributed by atoms with Crippen molar-refractivity contribution in [3.05, 3.63) is 34.9 Å². The molecule has 1 aliphatic heterocycles. The summed E-state index contributed by atoms with van der Waals surface area (Å²) in [5, 5.41) is 13.6. The van der Waals surface area contributed by atoms with Crippen LogP contribution in [-0.2, 0) is 11.8 Å². The minimum Gasteiger partial charge on any atom is -0.385 e. The van der Waals surface area contributed by atoms with Crippen molar-refractivity contribution in [2.75, 3.05) is 13.1 Å². The average Bonchev–Trinajstić information content (AvgIpc) is 2.28. The van der Waals surface area contributed by atoms with Crippen LogP contribution in [0, 0.1) is 6.92 Å². The van der Waals surface area contributed by atoms with Gasteiger partial charge in [0.1, 0.15) is 0 Å². The highest BCUT2D eigenvalue weighted by molar-refractivity contribution is 5.36. The second kappa shape index (κ2) is 4.55. The Morgan fingerprint density at radius 1 is 1.22 bits per heavy atom. The van der Waals surface area contributed by atoms with E-state index in [1.54, 1.807) is 6.92 Å². The monoisotopic (exact) mass is 259 g/mol. The minimum absolute atomic E-state index is 0.495. The lowest BCUT2D eigenvalue weighted by Gasteiger charge is -2.34. The van der Waals surface area contributed by atoms with Crippen LogP contribution in [0.25, 0.3) is 0 Å². The fourth-order valence-electron chi connectivity index (χ4n) is 2.47. The fourth-order valence-corrected chi connectivity index (χ4v) is 2.47. The predicted molar refractivity (Wildman–Crippen MR) is 62.2 cm³/mol. The van der Waals surface area contributed by atoms with Gasteiger partial charge in [-0.05, 0) is 56.1 Å². The molecule has 1 aromatic carbocycles. The quantitative estimate of drug-likeness (QED) is 0.812. The summed E-state index contributed by atoms with van der Waals surface area (Å²) >= 11 is 0. The largest absolute Gasteiger partial charge is 0.416 e. The molecule has 0 atom stereocenters. The van der Waals surface area contributed by atoms with E-state index in [4.69, 9.17) is 0 Å². The van der Waals surface area contributed by atoms with Crippen LogP contribution < -0.4 is 5.32 Å². The molecule has 1 heterocycles. The summed E-state index contributed by atoms with van der Waals surface area (Å²) in [5.41, 5.74) is -0.563. The number of alkyl halides is 3. The standard InChI is InChI=1S/C13H16F3NO/c1-9-8-10(13(14,15)16)2-3-11(9)12(18)4-6-17-7-5-12/h2-3,8,17-18H,4-7H2,1H3. The van der Waals surface area contributed by atoms with Crippen molar-refractivity contribution in [2.24, 2.45) is 0 Å². The maximum atomic E-state index is 12.6. The number of aliphatic hydroxyl groups is 1. The van der Waals surface area contributed by atoms with Gasteiger partial charge in [0.25, 0.3) is 0 Å². The molecule has 0 bridgehead atoms. The van der Waals surface area contributed by atoms with E-state index in [2.05, 4.69) is 5.32 Å². The van der Waals surface area contributed by atoms with Gasteiger partial charge in [-0.3, -0.25) is 0 Å². The molecule has 0 amide bonds. The van der Waals surface area contributed by atoms with Gasteiger partial charge in [0, 0.05) is 0 Å². The molecule has 1 aliphatic rings. The molecule has 100 valence electrons. The molecule has 18 heavy (non-hydrogen) atoms. The second-order valence-corrected chi connectivity index (χ2v) is 4.81. The van der Waals surface area contributed by atoms with E-state index in [0.29, 0.717) is 37.1 Å². The summed E-state index contributed by atoms with van der Waals surface area (Å²) in [7, 11) is 0. The molecule has 2 rings (SSSR count). The first kappa shape index (κ1) is 13.4. The van der Waals surface area contributed by atoms with E-state index in [-0.39, 0.29) is 0 Å². The highest BCUT2D eigenvalue weighted by Crippen LogP contribution is 2.36. The van der Waals surface area contributed by atoms with Gasteiger partial charge in [-0.15, -0.1) is 0 Å². The first-order chi connectivity index (χ1) is 8.33. The van der Waals surface area contributed by atoms with E-state index in [0.717, 1.165) is 12.1 Å². The summed E-state index contributed by atoms with van der Waals surface area (Å²) in [5.74, 6) is 0. The number of hydrogen-bond acceptors (Lipinski definition) is 2. The second-order valence-electron chi connectivity index (χ2n) is 4.81. The van der Waals surface area contributed by atoms with Crippen molar-refractivity contribution in [3.8, 4) is 0 Å². The molecule has 0 aromatic heterocycles. The molecule has 0 saturated carbocycles. The molecule has 0 spiro atoms. The van der Waals surface area contributed by atoms with Crippen molar-refractivity contribution in [1.82, 2.24) is 5.32 Å². The summed E-state index contributed by atoms with van der Waals surface area (Å²) in [6, 6.07) is 3.56. The topological polar surface area (TPSA) is 32.3 Å². The van der Waals surface area contributed by atoms with Gasteiger partial charge in [0.15, 0.2) is 0 Å². The van der Waals surface area contributed by atoms with E-state index in [1.807, 2.05) is 0 Å². The first-order valence-electron chi connectivity index (χ1n) is 5.94. The van der Waals surface area contributed by atoms with Crippen LogP contribution in [0.5, 0.6) is 0 Å². The van der Waals surface area contributed by atoms with E-state index in [1.165, 1.54) is 6.07 Å².